The quantitative estimate of drug-likeness (QED) is 0.740. The Hall–Kier alpha value is -3.15. The number of nitrogens with zero attached hydrogens (tertiary/aromatic N) is 4. The molecule has 0 saturated heterocycles. The van der Waals surface area contributed by atoms with Crippen molar-refractivity contribution in [3.05, 3.63) is 59.9 Å². The summed E-state index contributed by atoms with van der Waals surface area (Å²) in [7, 11) is 0. The molecule has 106 valence electrons. The standard InChI is InChI=1S/C16H10N4O2/c21-16-11-7-4-8-12-14(11)15(19-20-16)18-13(17-12)9-22-10-5-2-1-3-6-10/h1-8H,9H2. The molecule has 0 spiro atoms. The Labute approximate surface area is 125 Å². The van der Waals surface area contributed by atoms with Crippen LogP contribution in [0.5, 0.6) is 5.75 Å². The Kier molecular flexibility index (Phi) is 2.86. The Bertz CT molecular complexity index is 907. The van der Waals surface area contributed by atoms with Crippen molar-refractivity contribution in [3.63, 3.8) is 0 Å². The highest BCUT2D eigenvalue weighted by Gasteiger charge is 2.20. The summed E-state index contributed by atoms with van der Waals surface area (Å²) in [4.78, 5) is 20.5. The number of hydrogen-bond acceptors (Lipinski definition) is 5. The predicted molar refractivity (Wildman–Crippen MR) is 79.2 cm³/mol. The molecule has 3 aromatic rings. The summed E-state index contributed by atoms with van der Waals surface area (Å²) in [5, 5.41) is 8.13. The van der Waals surface area contributed by atoms with Crippen LogP contribution < -0.4 is 4.74 Å². The van der Waals surface area contributed by atoms with Gasteiger partial charge in [0.05, 0.1) is 16.5 Å². The molecule has 1 aliphatic rings. The lowest BCUT2D eigenvalue weighted by atomic mass is 10.1. The molecule has 0 aliphatic carbocycles. The van der Waals surface area contributed by atoms with Gasteiger partial charge in [0.2, 0.25) is 0 Å². The van der Waals surface area contributed by atoms with Gasteiger partial charge in [0.1, 0.15) is 12.4 Å². The summed E-state index contributed by atoms with van der Waals surface area (Å²) in [5.74, 6) is 1.28. The van der Waals surface area contributed by atoms with Gasteiger partial charge in [0.25, 0.3) is 5.91 Å². The van der Waals surface area contributed by atoms with Crippen LogP contribution in [0, 0.1) is 0 Å². The van der Waals surface area contributed by atoms with E-state index < -0.39 is 0 Å². The maximum Gasteiger partial charge on any atom is 0.296 e. The van der Waals surface area contributed by atoms with E-state index in [-0.39, 0.29) is 12.5 Å². The second-order valence-corrected chi connectivity index (χ2v) is 4.77. The number of ether oxygens (including phenoxy) is 1. The van der Waals surface area contributed by atoms with Crippen LogP contribution in [-0.4, -0.2) is 15.9 Å². The molecule has 0 unspecified atom stereocenters. The van der Waals surface area contributed by atoms with Gasteiger partial charge in [-0.15, -0.1) is 10.2 Å². The molecule has 6 heteroatoms. The van der Waals surface area contributed by atoms with Crippen molar-refractivity contribution in [3.8, 4) is 5.75 Å². The molecule has 22 heavy (non-hydrogen) atoms. The molecular formula is C16H10N4O2. The number of amides is 1. The zero-order valence-corrected chi connectivity index (χ0v) is 11.4. The van der Waals surface area contributed by atoms with Crippen molar-refractivity contribution in [2.75, 3.05) is 0 Å². The number of benzene rings is 2. The number of rotatable bonds is 3. The zero-order valence-electron chi connectivity index (χ0n) is 11.4. The normalized spacial score (nSPS) is 12.6. The SMILES string of the molecule is O=C1N=Nc2nc(COc3ccccc3)nc3cccc1c23. The van der Waals surface area contributed by atoms with Gasteiger partial charge in [-0.3, -0.25) is 4.79 Å². The molecule has 0 saturated carbocycles. The minimum Gasteiger partial charge on any atom is -0.486 e. The lowest BCUT2D eigenvalue weighted by Gasteiger charge is -2.11. The third-order valence-electron chi connectivity index (χ3n) is 3.33. The van der Waals surface area contributed by atoms with Gasteiger partial charge in [-0.2, -0.15) is 0 Å². The summed E-state index contributed by atoms with van der Waals surface area (Å²) in [6, 6.07) is 14.7. The van der Waals surface area contributed by atoms with Gasteiger partial charge in [0, 0.05) is 0 Å². The minimum absolute atomic E-state index is 0.223. The maximum absolute atomic E-state index is 11.7. The van der Waals surface area contributed by atoms with Gasteiger partial charge < -0.3 is 4.74 Å². The number of aromatic nitrogens is 2. The van der Waals surface area contributed by atoms with Crippen molar-refractivity contribution in [1.29, 1.82) is 0 Å². The molecule has 1 amide bonds. The van der Waals surface area contributed by atoms with Crippen LogP contribution in [0.15, 0.2) is 58.8 Å². The fourth-order valence-corrected chi connectivity index (χ4v) is 2.34. The monoisotopic (exact) mass is 290 g/mol. The summed E-state index contributed by atoms with van der Waals surface area (Å²) >= 11 is 0. The number of azo groups is 1. The minimum atomic E-state index is -0.366. The molecule has 2 heterocycles. The molecule has 0 N–H and O–H groups in total. The highest BCUT2D eigenvalue weighted by molar-refractivity contribution is 6.11. The molecule has 2 aromatic carbocycles. The van der Waals surface area contributed by atoms with Crippen LogP contribution in [0.1, 0.15) is 16.2 Å². The van der Waals surface area contributed by atoms with E-state index in [9.17, 15) is 4.79 Å². The third-order valence-corrected chi connectivity index (χ3v) is 3.33. The fourth-order valence-electron chi connectivity index (χ4n) is 2.34. The summed E-state index contributed by atoms with van der Waals surface area (Å²) in [6.07, 6.45) is 0. The van der Waals surface area contributed by atoms with Crippen molar-refractivity contribution in [2.24, 2.45) is 10.2 Å². The van der Waals surface area contributed by atoms with E-state index in [2.05, 4.69) is 20.2 Å². The van der Waals surface area contributed by atoms with Crippen LogP contribution in [0.3, 0.4) is 0 Å². The van der Waals surface area contributed by atoms with Gasteiger partial charge in [-0.25, -0.2) is 9.97 Å². The molecular weight excluding hydrogens is 280 g/mol. The van der Waals surface area contributed by atoms with Gasteiger partial charge in [0.15, 0.2) is 11.6 Å². The molecule has 0 bridgehead atoms. The Morgan fingerprint density at radius 1 is 0.909 bits per heavy atom. The van der Waals surface area contributed by atoms with Gasteiger partial charge in [-0.1, -0.05) is 24.3 Å². The van der Waals surface area contributed by atoms with Crippen molar-refractivity contribution < 1.29 is 9.53 Å². The van der Waals surface area contributed by atoms with Crippen LogP contribution in [0.2, 0.25) is 0 Å². The number of hydrogen-bond donors (Lipinski definition) is 0. The Morgan fingerprint density at radius 3 is 2.64 bits per heavy atom. The van der Waals surface area contributed by atoms with E-state index in [1.54, 1.807) is 12.1 Å². The molecule has 0 atom stereocenters. The highest BCUT2D eigenvalue weighted by atomic mass is 16.5. The van der Waals surface area contributed by atoms with Crippen LogP contribution in [0.4, 0.5) is 5.82 Å². The lowest BCUT2D eigenvalue weighted by Crippen LogP contribution is -2.06. The van der Waals surface area contributed by atoms with E-state index in [1.807, 2.05) is 36.4 Å². The molecule has 1 aliphatic heterocycles. The smallest absolute Gasteiger partial charge is 0.296 e. The fraction of sp³-hybridized carbons (Fsp3) is 0.0625. The molecule has 1 aromatic heterocycles. The molecule has 6 nitrogen and oxygen atoms in total. The number of carbonyl (C=O) groups excluding carboxylic acids is 1. The van der Waals surface area contributed by atoms with E-state index in [0.717, 1.165) is 5.75 Å². The van der Waals surface area contributed by atoms with E-state index >= 15 is 0 Å². The first-order valence-corrected chi connectivity index (χ1v) is 6.75. The average molecular weight is 290 g/mol. The van der Waals surface area contributed by atoms with E-state index in [0.29, 0.717) is 28.1 Å². The van der Waals surface area contributed by atoms with E-state index in [4.69, 9.17) is 4.74 Å². The van der Waals surface area contributed by atoms with Gasteiger partial charge >= 0.3 is 0 Å². The first kappa shape index (κ1) is 12.6. The first-order chi connectivity index (χ1) is 10.8. The van der Waals surface area contributed by atoms with Crippen LogP contribution in [0.25, 0.3) is 10.9 Å². The third kappa shape index (κ3) is 2.10. The maximum atomic E-state index is 11.7. The molecule has 4 rings (SSSR count). The average Bonchev–Trinajstić information content (AvgIpc) is 2.57. The molecule has 0 fully saturated rings. The number of para-hydroxylation sites is 1. The van der Waals surface area contributed by atoms with Gasteiger partial charge in [-0.05, 0) is 24.3 Å². The van der Waals surface area contributed by atoms with Crippen molar-refractivity contribution >= 4 is 22.6 Å². The summed E-state index contributed by atoms with van der Waals surface area (Å²) in [6.45, 7) is 0.223. The Balaban J connectivity index is 1.72. The van der Waals surface area contributed by atoms with Crippen molar-refractivity contribution in [2.45, 2.75) is 6.61 Å². The Morgan fingerprint density at radius 2 is 1.77 bits per heavy atom. The predicted octanol–water partition coefficient (Wildman–Crippen LogP) is 3.45. The second-order valence-electron chi connectivity index (χ2n) is 4.77. The second kappa shape index (κ2) is 5.00. The lowest BCUT2D eigenvalue weighted by molar-refractivity contribution is 0.0995. The highest BCUT2D eigenvalue weighted by Crippen LogP contribution is 2.31. The number of carbonyl (C=O) groups is 1. The van der Waals surface area contributed by atoms with Crippen LogP contribution >= 0.6 is 0 Å². The molecule has 0 radical (unpaired) electrons. The largest absolute Gasteiger partial charge is 0.486 e. The first-order valence-electron chi connectivity index (χ1n) is 6.75. The zero-order chi connectivity index (χ0) is 14.9. The van der Waals surface area contributed by atoms with E-state index in [1.165, 1.54) is 0 Å². The topological polar surface area (TPSA) is 76.8 Å². The summed E-state index contributed by atoms with van der Waals surface area (Å²) in [5.41, 5.74) is 1.15. The van der Waals surface area contributed by atoms with Crippen LogP contribution in [-0.2, 0) is 6.61 Å². The van der Waals surface area contributed by atoms with Crippen molar-refractivity contribution in [1.82, 2.24) is 9.97 Å². The summed E-state index contributed by atoms with van der Waals surface area (Å²) < 4.78 is 5.65.